The van der Waals surface area contributed by atoms with Gasteiger partial charge in [-0.15, -0.1) is 0 Å². The van der Waals surface area contributed by atoms with Crippen LogP contribution in [0.1, 0.15) is 12.8 Å². The lowest BCUT2D eigenvalue weighted by Gasteiger charge is -2.20. The number of rotatable bonds is 5. The number of anilines is 1. The number of sulfonamides is 1. The Morgan fingerprint density at radius 1 is 1.43 bits per heavy atom. The van der Waals surface area contributed by atoms with Crippen LogP contribution in [0.25, 0.3) is 0 Å². The molecule has 1 aliphatic heterocycles. The highest BCUT2D eigenvalue weighted by molar-refractivity contribution is 7.88. The molecule has 1 amide bonds. The van der Waals surface area contributed by atoms with Gasteiger partial charge in [0.15, 0.2) is 6.61 Å². The number of carbonyl (C=O) groups excluding carboxylic acids is 2. The quantitative estimate of drug-likeness (QED) is 0.797. The summed E-state index contributed by atoms with van der Waals surface area (Å²) in [6.07, 6.45) is 2.02. The molecule has 0 saturated carbocycles. The number of benzene rings is 1. The molecule has 1 atom stereocenters. The lowest BCUT2D eigenvalue weighted by atomic mass is 10.2. The van der Waals surface area contributed by atoms with E-state index in [-0.39, 0.29) is 6.54 Å². The lowest BCUT2D eigenvalue weighted by molar-refractivity contribution is -0.150. The zero-order chi connectivity index (χ0) is 17.0. The van der Waals surface area contributed by atoms with Crippen LogP contribution in [0.4, 0.5) is 5.69 Å². The van der Waals surface area contributed by atoms with Crippen molar-refractivity contribution < 1.29 is 22.7 Å². The first-order valence-corrected chi connectivity index (χ1v) is 9.19. The maximum atomic E-state index is 12.0. The number of hydrogen-bond donors (Lipinski definition) is 1. The number of hydrogen-bond acceptors (Lipinski definition) is 5. The summed E-state index contributed by atoms with van der Waals surface area (Å²) < 4.78 is 29.2. The van der Waals surface area contributed by atoms with Crippen LogP contribution in [0.2, 0.25) is 5.02 Å². The SMILES string of the molecule is CS(=O)(=O)N1CCC[C@H]1C(=O)OCC(=O)Nc1cccc(Cl)c1. The van der Waals surface area contributed by atoms with Crippen molar-refractivity contribution in [3.63, 3.8) is 0 Å². The molecule has 7 nitrogen and oxygen atoms in total. The minimum absolute atomic E-state index is 0.285. The molecular formula is C14H17ClN2O5S. The molecule has 1 aromatic carbocycles. The Morgan fingerprint density at radius 3 is 2.83 bits per heavy atom. The van der Waals surface area contributed by atoms with Crippen molar-refractivity contribution >= 4 is 39.2 Å². The molecule has 1 fully saturated rings. The van der Waals surface area contributed by atoms with Gasteiger partial charge in [0.25, 0.3) is 5.91 Å². The summed E-state index contributed by atoms with van der Waals surface area (Å²) in [4.78, 5) is 23.7. The van der Waals surface area contributed by atoms with Crippen molar-refractivity contribution in [2.75, 3.05) is 24.7 Å². The Morgan fingerprint density at radius 2 is 2.17 bits per heavy atom. The van der Waals surface area contributed by atoms with Gasteiger partial charge in [-0.25, -0.2) is 8.42 Å². The normalized spacial score (nSPS) is 18.6. The van der Waals surface area contributed by atoms with Crippen molar-refractivity contribution in [2.24, 2.45) is 0 Å². The number of esters is 1. The van der Waals surface area contributed by atoms with Gasteiger partial charge in [0.05, 0.1) is 6.26 Å². The third kappa shape index (κ3) is 4.92. The zero-order valence-electron chi connectivity index (χ0n) is 12.5. The Labute approximate surface area is 139 Å². The molecule has 2 rings (SSSR count). The molecule has 0 bridgehead atoms. The standard InChI is InChI=1S/C14H17ClN2O5S/c1-23(20,21)17-7-3-6-12(17)14(19)22-9-13(18)16-11-5-2-4-10(15)8-11/h2,4-5,8,12H,3,6-7,9H2,1H3,(H,16,18)/t12-/m0/s1. The molecule has 1 aliphatic rings. The molecule has 1 heterocycles. The van der Waals surface area contributed by atoms with E-state index in [1.165, 1.54) is 0 Å². The average Bonchev–Trinajstić information content (AvgIpc) is 2.94. The topological polar surface area (TPSA) is 92.8 Å². The molecule has 0 radical (unpaired) electrons. The lowest BCUT2D eigenvalue weighted by Crippen LogP contribution is -2.41. The van der Waals surface area contributed by atoms with Gasteiger partial charge in [-0.3, -0.25) is 9.59 Å². The number of carbonyl (C=O) groups is 2. The van der Waals surface area contributed by atoms with Gasteiger partial charge in [-0.1, -0.05) is 17.7 Å². The van der Waals surface area contributed by atoms with E-state index in [4.69, 9.17) is 16.3 Å². The van der Waals surface area contributed by atoms with E-state index < -0.39 is 34.5 Å². The van der Waals surface area contributed by atoms with Crippen LogP contribution in [0, 0.1) is 0 Å². The summed E-state index contributed by atoms with van der Waals surface area (Å²) in [5, 5.41) is 3.00. The van der Waals surface area contributed by atoms with Crippen molar-refractivity contribution in [3.05, 3.63) is 29.3 Å². The molecule has 1 saturated heterocycles. The van der Waals surface area contributed by atoms with Gasteiger partial charge < -0.3 is 10.1 Å². The smallest absolute Gasteiger partial charge is 0.324 e. The molecule has 0 unspecified atom stereocenters. The fourth-order valence-corrected chi connectivity index (χ4v) is 3.67. The maximum Gasteiger partial charge on any atom is 0.324 e. The average molecular weight is 361 g/mol. The predicted octanol–water partition coefficient (Wildman–Crippen LogP) is 1.25. The van der Waals surface area contributed by atoms with Crippen LogP contribution in [0.5, 0.6) is 0 Å². The first-order chi connectivity index (χ1) is 10.8. The highest BCUT2D eigenvalue weighted by atomic mass is 35.5. The Hall–Kier alpha value is -1.64. The number of amides is 1. The molecule has 126 valence electrons. The second kappa shape index (κ2) is 7.29. The molecule has 0 aromatic heterocycles. The fraction of sp³-hybridized carbons (Fsp3) is 0.429. The number of nitrogens with one attached hydrogen (secondary N) is 1. The number of halogens is 1. The second-order valence-corrected chi connectivity index (χ2v) is 7.57. The van der Waals surface area contributed by atoms with Crippen molar-refractivity contribution in [1.29, 1.82) is 0 Å². The fourth-order valence-electron chi connectivity index (χ4n) is 2.37. The number of nitrogens with zero attached hydrogens (tertiary/aromatic N) is 1. The zero-order valence-corrected chi connectivity index (χ0v) is 14.1. The molecule has 0 aliphatic carbocycles. The second-order valence-electron chi connectivity index (χ2n) is 5.20. The molecule has 0 spiro atoms. The highest BCUT2D eigenvalue weighted by Crippen LogP contribution is 2.21. The van der Waals surface area contributed by atoms with Gasteiger partial charge >= 0.3 is 5.97 Å². The first-order valence-electron chi connectivity index (χ1n) is 6.96. The summed E-state index contributed by atoms with van der Waals surface area (Å²) in [6.45, 7) is -0.202. The summed E-state index contributed by atoms with van der Waals surface area (Å²) >= 11 is 5.80. The monoisotopic (exact) mass is 360 g/mol. The Balaban J connectivity index is 1.88. The van der Waals surface area contributed by atoms with E-state index in [0.717, 1.165) is 10.6 Å². The summed E-state index contributed by atoms with van der Waals surface area (Å²) in [5.41, 5.74) is 0.483. The van der Waals surface area contributed by atoms with Gasteiger partial charge in [-0.05, 0) is 31.0 Å². The van der Waals surface area contributed by atoms with Gasteiger partial charge in [0.1, 0.15) is 6.04 Å². The third-order valence-electron chi connectivity index (χ3n) is 3.36. The minimum atomic E-state index is -3.47. The first kappa shape index (κ1) is 17.7. The minimum Gasteiger partial charge on any atom is -0.454 e. The summed E-state index contributed by atoms with van der Waals surface area (Å²) in [5.74, 6) is -1.24. The van der Waals surface area contributed by atoms with E-state index in [9.17, 15) is 18.0 Å². The summed E-state index contributed by atoms with van der Waals surface area (Å²) in [6, 6.07) is 5.69. The van der Waals surface area contributed by atoms with Crippen LogP contribution >= 0.6 is 11.6 Å². The van der Waals surface area contributed by atoms with Gasteiger partial charge in [-0.2, -0.15) is 4.31 Å². The van der Waals surface area contributed by atoms with Crippen LogP contribution in [-0.2, 0) is 24.3 Å². The highest BCUT2D eigenvalue weighted by Gasteiger charge is 2.37. The summed E-state index contributed by atoms with van der Waals surface area (Å²) in [7, 11) is -3.47. The molecule has 1 aromatic rings. The van der Waals surface area contributed by atoms with Gasteiger partial charge in [0, 0.05) is 17.3 Å². The van der Waals surface area contributed by atoms with E-state index in [1.54, 1.807) is 24.3 Å². The van der Waals surface area contributed by atoms with E-state index in [1.807, 2.05) is 0 Å². The molecule has 23 heavy (non-hydrogen) atoms. The van der Waals surface area contributed by atoms with Crippen molar-refractivity contribution in [1.82, 2.24) is 4.31 Å². The molecule has 9 heteroatoms. The van der Waals surface area contributed by atoms with E-state index in [0.29, 0.717) is 23.6 Å². The molecular weight excluding hydrogens is 344 g/mol. The largest absolute Gasteiger partial charge is 0.454 e. The Bertz CT molecular complexity index is 707. The van der Waals surface area contributed by atoms with E-state index >= 15 is 0 Å². The van der Waals surface area contributed by atoms with Crippen LogP contribution in [-0.4, -0.2) is 50.0 Å². The number of ether oxygens (including phenoxy) is 1. The van der Waals surface area contributed by atoms with Crippen molar-refractivity contribution in [3.8, 4) is 0 Å². The van der Waals surface area contributed by atoms with Crippen LogP contribution in [0.3, 0.4) is 0 Å². The molecule has 1 N–H and O–H groups in total. The maximum absolute atomic E-state index is 12.0. The van der Waals surface area contributed by atoms with E-state index in [2.05, 4.69) is 5.32 Å². The Kier molecular flexibility index (Phi) is 5.61. The van der Waals surface area contributed by atoms with Crippen LogP contribution in [0.15, 0.2) is 24.3 Å². The van der Waals surface area contributed by atoms with Crippen molar-refractivity contribution in [2.45, 2.75) is 18.9 Å². The predicted molar refractivity (Wildman–Crippen MR) is 85.6 cm³/mol. The third-order valence-corrected chi connectivity index (χ3v) is 4.88. The van der Waals surface area contributed by atoms with Gasteiger partial charge in [0.2, 0.25) is 10.0 Å². The van der Waals surface area contributed by atoms with Crippen LogP contribution < -0.4 is 5.32 Å².